The number of hydrogen-bond acceptors (Lipinski definition) is 4. The maximum Gasteiger partial charge on any atom is 0.416 e. The van der Waals surface area contributed by atoms with Crippen molar-refractivity contribution < 1.29 is 32.2 Å². The lowest BCUT2D eigenvalue weighted by Crippen LogP contribution is -2.14. The second kappa shape index (κ2) is 7.86. The second-order valence-electron chi connectivity index (χ2n) is 5.23. The van der Waals surface area contributed by atoms with E-state index in [-0.39, 0.29) is 16.7 Å². The third-order valence-electron chi connectivity index (χ3n) is 3.55. The Morgan fingerprint density at radius 1 is 0.923 bits per heavy atom. The Morgan fingerprint density at radius 2 is 1.50 bits per heavy atom. The first-order valence-corrected chi connectivity index (χ1v) is 7.42. The van der Waals surface area contributed by atoms with E-state index < -0.39 is 23.5 Å². The Hall–Kier alpha value is -3.09. The number of carbonyl (C=O) groups is 2. The van der Waals surface area contributed by atoms with Crippen LogP contribution >= 0.6 is 0 Å². The van der Waals surface area contributed by atoms with E-state index in [2.05, 4.69) is 4.74 Å². The lowest BCUT2D eigenvalue weighted by atomic mass is 10.0. The lowest BCUT2D eigenvalue weighted by Gasteiger charge is -2.08. The Kier molecular flexibility index (Phi) is 5.82. The van der Waals surface area contributed by atoms with Gasteiger partial charge in [0, 0.05) is 5.56 Å². The number of halogens is 3. The van der Waals surface area contributed by atoms with Gasteiger partial charge in [-0.05, 0) is 48.0 Å². The van der Waals surface area contributed by atoms with Gasteiger partial charge in [0.05, 0.1) is 19.8 Å². The molecule has 0 atom stereocenters. The fourth-order valence-electron chi connectivity index (χ4n) is 2.16. The molecule has 0 N–H and O–H groups in total. The molecule has 0 spiro atoms. The molecule has 2 aromatic carbocycles. The van der Waals surface area contributed by atoms with E-state index in [9.17, 15) is 22.8 Å². The van der Waals surface area contributed by atoms with Gasteiger partial charge in [-0.25, -0.2) is 4.79 Å². The topological polar surface area (TPSA) is 52.6 Å². The molecule has 0 unspecified atom stereocenters. The van der Waals surface area contributed by atoms with Gasteiger partial charge >= 0.3 is 12.1 Å². The van der Waals surface area contributed by atoms with E-state index in [1.165, 1.54) is 37.5 Å². The largest absolute Gasteiger partial charge is 0.497 e. The Bertz CT molecular complexity index is 819. The fraction of sp³-hybridized carbons (Fsp3) is 0.158. The van der Waals surface area contributed by atoms with Crippen LogP contribution in [-0.4, -0.2) is 26.0 Å². The molecule has 4 nitrogen and oxygen atoms in total. The molecule has 2 aromatic rings. The zero-order chi connectivity index (χ0) is 19.3. The molecule has 26 heavy (non-hydrogen) atoms. The minimum Gasteiger partial charge on any atom is -0.497 e. The summed E-state index contributed by atoms with van der Waals surface area (Å²) < 4.78 is 47.5. The average Bonchev–Trinajstić information content (AvgIpc) is 2.64. The number of alkyl halides is 3. The molecule has 0 amide bonds. The number of esters is 1. The fourth-order valence-corrected chi connectivity index (χ4v) is 2.16. The summed E-state index contributed by atoms with van der Waals surface area (Å²) in [6.45, 7) is 0. The standard InChI is InChI=1S/C19H15F3O4/c1-25-15-9-5-13(6-10-15)17(23)16(18(24)26-2)11-12-3-7-14(8-4-12)19(20,21)22/h3-11H,1-2H3/b16-11-. The first-order chi connectivity index (χ1) is 12.3. The molecule has 0 aliphatic rings. The summed E-state index contributed by atoms with van der Waals surface area (Å²) in [6, 6.07) is 10.2. The van der Waals surface area contributed by atoms with Crippen molar-refractivity contribution in [1.82, 2.24) is 0 Å². The van der Waals surface area contributed by atoms with Crippen LogP contribution in [0.3, 0.4) is 0 Å². The molecular formula is C19H15F3O4. The van der Waals surface area contributed by atoms with Gasteiger partial charge in [-0.2, -0.15) is 13.2 Å². The van der Waals surface area contributed by atoms with Crippen molar-refractivity contribution in [3.63, 3.8) is 0 Å². The van der Waals surface area contributed by atoms with Crippen LogP contribution in [-0.2, 0) is 15.7 Å². The number of methoxy groups -OCH3 is 2. The van der Waals surface area contributed by atoms with Crippen LogP contribution in [0.25, 0.3) is 6.08 Å². The molecule has 0 fully saturated rings. The van der Waals surface area contributed by atoms with Crippen LogP contribution in [0.15, 0.2) is 54.1 Å². The average molecular weight is 364 g/mol. The number of carbonyl (C=O) groups excluding carboxylic acids is 2. The van der Waals surface area contributed by atoms with Gasteiger partial charge < -0.3 is 9.47 Å². The molecule has 2 rings (SSSR count). The minimum absolute atomic E-state index is 0.217. The second-order valence-corrected chi connectivity index (χ2v) is 5.23. The minimum atomic E-state index is -4.47. The Labute approximate surface area is 147 Å². The molecule has 0 radical (unpaired) electrons. The smallest absolute Gasteiger partial charge is 0.416 e. The first-order valence-electron chi connectivity index (χ1n) is 7.42. The normalized spacial score (nSPS) is 11.8. The van der Waals surface area contributed by atoms with Crippen LogP contribution in [0.1, 0.15) is 21.5 Å². The number of hydrogen-bond donors (Lipinski definition) is 0. The molecule has 136 valence electrons. The van der Waals surface area contributed by atoms with Gasteiger partial charge in [-0.15, -0.1) is 0 Å². The molecule has 0 aliphatic carbocycles. The van der Waals surface area contributed by atoms with Crippen molar-refractivity contribution in [3.8, 4) is 5.75 Å². The molecular weight excluding hydrogens is 349 g/mol. The molecule has 0 heterocycles. The van der Waals surface area contributed by atoms with Crippen molar-refractivity contribution in [3.05, 3.63) is 70.8 Å². The van der Waals surface area contributed by atoms with Gasteiger partial charge in [-0.3, -0.25) is 4.79 Å². The number of Topliss-reactive ketones (excluding diaryl/α,β-unsaturated/α-hetero) is 1. The van der Waals surface area contributed by atoms with E-state index >= 15 is 0 Å². The highest BCUT2D eigenvalue weighted by molar-refractivity contribution is 6.26. The van der Waals surface area contributed by atoms with Gasteiger partial charge in [0.2, 0.25) is 0 Å². The molecule has 0 saturated heterocycles. The molecule has 0 saturated carbocycles. The van der Waals surface area contributed by atoms with Crippen molar-refractivity contribution in [2.75, 3.05) is 14.2 Å². The van der Waals surface area contributed by atoms with Crippen molar-refractivity contribution in [2.24, 2.45) is 0 Å². The highest BCUT2D eigenvalue weighted by atomic mass is 19.4. The van der Waals surface area contributed by atoms with Crippen LogP contribution in [0.4, 0.5) is 13.2 Å². The Morgan fingerprint density at radius 3 is 1.96 bits per heavy atom. The van der Waals surface area contributed by atoms with E-state index in [0.29, 0.717) is 5.75 Å². The number of ketones is 1. The zero-order valence-electron chi connectivity index (χ0n) is 14.0. The monoisotopic (exact) mass is 364 g/mol. The number of benzene rings is 2. The third kappa shape index (κ3) is 4.50. The molecule has 0 aromatic heterocycles. The Balaban J connectivity index is 2.38. The van der Waals surface area contributed by atoms with Crippen LogP contribution in [0.5, 0.6) is 5.75 Å². The summed E-state index contributed by atoms with van der Waals surface area (Å²) in [5, 5.41) is 0. The number of ether oxygens (including phenoxy) is 2. The predicted molar refractivity (Wildman–Crippen MR) is 88.8 cm³/mol. The summed E-state index contributed by atoms with van der Waals surface area (Å²) in [6.07, 6.45) is -3.27. The molecule has 0 bridgehead atoms. The zero-order valence-corrected chi connectivity index (χ0v) is 14.0. The summed E-state index contributed by atoms with van der Waals surface area (Å²) in [7, 11) is 2.59. The summed E-state index contributed by atoms with van der Waals surface area (Å²) in [5.74, 6) is -0.960. The van der Waals surface area contributed by atoms with E-state index in [1.807, 2.05) is 0 Å². The van der Waals surface area contributed by atoms with Gasteiger partial charge in [0.1, 0.15) is 11.3 Å². The maximum absolute atomic E-state index is 12.6. The predicted octanol–water partition coefficient (Wildman–Crippen LogP) is 4.15. The van der Waals surface area contributed by atoms with E-state index in [0.717, 1.165) is 19.2 Å². The summed E-state index contributed by atoms with van der Waals surface area (Å²) in [4.78, 5) is 24.5. The summed E-state index contributed by atoms with van der Waals surface area (Å²) >= 11 is 0. The van der Waals surface area contributed by atoms with Gasteiger partial charge in [0.25, 0.3) is 0 Å². The molecule has 7 heteroatoms. The quantitative estimate of drug-likeness (QED) is 0.263. The summed E-state index contributed by atoms with van der Waals surface area (Å²) in [5.41, 5.74) is -0.636. The molecule has 0 aliphatic heterocycles. The van der Waals surface area contributed by atoms with Crippen LogP contribution in [0, 0.1) is 0 Å². The maximum atomic E-state index is 12.6. The first kappa shape index (κ1) is 19.2. The van der Waals surface area contributed by atoms with Crippen molar-refractivity contribution in [1.29, 1.82) is 0 Å². The lowest BCUT2D eigenvalue weighted by molar-refractivity contribution is -0.137. The number of rotatable bonds is 5. The van der Waals surface area contributed by atoms with Gasteiger partial charge in [0.15, 0.2) is 5.78 Å². The third-order valence-corrected chi connectivity index (χ3v) is 3.55. The highest BCUT2D eigenvalue weighted by Crippen LogP contribution is 2.29. The SMILES string of the molecule is COC(=O)/C(=C\c1ccc(C(F)(F)F)cc1)C(=O)c1ccc(OC)cc1. The van der Waals surface area contributed by atoms with Crippen molar-refractivity contribution in [2.45, 2.75) is 6.18 Å². The van der Waals surface area contributed by atoms with Crippen LogP contribution < -0.4 is 4.74 Å². The van der Waals surface area contributed by atoms with Gasteiger partial charge in [-0.1, -0.05) is 12.1 Å². The highest BCUT2D eigenvalue weighted by Gasteiger charge is 2.30. The van der Waals surface area contributed by atoms with Crippen LogP contribution in [0.2, 0.25) is 0 Å². The van der Waals surface area contributed by atoms with Crippen molar-refractivity contribution >= 4 is 17.8 Å². The van der Waals surface area contributed by atoms with E-state index in [1.54, 1.807) is 12.1 Å². The van der Waals surface area contributed by atoms with E-state index in [4.69, 9.17) is 4.74 Å².